The van der Waals surface area contributed by atoms with Gasteiger partial charge >= 0.3 is 0 Å². The van der Waals surface area contributed by atoms with Crippen molar-refractivity contribution in [3.8, 4) is 0 Å². The van der Waals surface area contributed by atoms with Crippen LogP contribution in [0.15, 0.2) is 16.7 Å². The Labute approximate surface area is 97.2 Å². The van der Waals surface area contributed by atoms with Gasteiger partial charge in [0.25, 0.3) is 0 Å². The number of hydrogen-bond donors (Lipinski definition) is 1. The largest absolute Gasteiger partial charge is 0.467 e. The number of ether oxygens (including phenoxy) is 1. The summed E-state index contributed by atoms with van der Waals surface area (Å²) in [7, 11) is 0. The van der Waals surface area contributed by atoms with Crippen LogP contribution in [0.2, 0.25) is 0 Å². The van der Waals surface area contributed by atoms with E-state index in [1.54, 1.807) is 0 Å². The monoisotopic (exact) mass is 223 g/mol. The highest BCUT2D eigenvalue weighted by molar-refractivity contribution is 5.12. The summed E-state index contributed by atoms with van der Waals surface area (Å²) in [5.74, 6) is 1.75. The van der Waals surface area contributed by atoms with E-state index in [2.05, 4.69) is 25.2 Å². The van der Waals surface area contributed by atoms with E-state index in [0.29, 0.717) is 12.6 Å². The van der Waals surface area contributed by atoms with Crippen molar-refractivity contribution in [3.63, 3.8) is 0 Å². The zero-order valence-electron chi connectivity index (χ0n) is 10.2. The molecule has 1 aliphatic rings. The van der Waals surface area contributed by atoms with Gasteiger partial charge < -0.3 is 14.5 Å². The SMILES string of the molecule is CC(C)NCc1coc(COCC2CC2)c1. The van der Waals surface area contributed by atoms with Crippen LogP contribution in [0.4, 0.5) is 0 Å². The Balaban J connectivity index is 1.68. The van der Waals surface area contributed by atoms with Crippen LogP contribution in [0.1, 0.15) is 38.0 Å². The molecule has 0 atom stereocenters. The van der Waals surface area contributed by atoms with E-state index < -0.39 is 0 Å². The maximum atomic E-state index is 5.57. The molecule has 0 radical (unpaired) electrons. The van der Waals surface area contributed by atoms with Crippen LogP contribution in [0.5, 0.6) is 0 Å². The Morgan fingerprint density at radius 2 is 2.31 bits per heavy atom. The first-order valence-corrected chi connectivity index (χ1v) is 6.11. The molecular weight excluding hydrogens is 202 g/mol. The lowest BCUT2D eigenvalue weighted by Gasteiger charge is -2.04. The Bertz CT molecular complexity index is 315. The van der Waals surface area contributed by atoms with E-state index in [0.717, 1.165) is 24.8 Å². The molecule has 3 nitrogen and oxygen atoms in total. The normalized spacial score (nSPS) is 15.9. The molecule has 0 bridgehead atoms. The molecule has 0 amide bonds. The average molecular weight is 223 g/mol. The summed E-state index contributed by atoms with van der Waals surface area (Å²) in [5, 5.41) is 3.36. The highest BCUT2D eigenvalue weighted by Gasteiger charge is 2.21. The van der Waals surface area contributed by atoms with Crippen molar-refractivity contribution in [2.75, 3.05) is 6.61 Å². The second-order valence-electron chi connectivity index (χ2n) is 4.92. The molecule has 2 rings (SSSR count). The topological polar surface area (TPSA) is 34.4 Å². The molecule has 0 aliphatic heterocycles. The van der Waals surface area contributed by atoms with Crippen LogP contribution in [-0.2, 0) is 17.9 Å². The van der Waals surface area contributed by atoms with Crippen molar-refractivity contribution >= 4 is 0 Å². The van der Waals surface area contributed by atoms with Gasteiger partial charge in [0.15, 0.2) is 0 Å². The zero-order chi connectivity index (χ0) is 11.4. The first-order valence-electron chi connectivity index (χ1n) is 6.11. The molecule has 1 N–H and O–H groups in total. The maximum Gasteiger partial charge on any atom is 0.129 e. The van der Waals surface area contributed by atoms with E-state index in [1.807, 2.05) is 6.26 Å². The minimum atomic E-state index is 0.504. The molecule has 0 saturated heterocycles. The number of furan rings is 1. The highest BCUT2D eigenvalue weighted by Crippen LogP contribution is 2.29. The molecule has 1 aliphatic carbocycles. The van der Waals surface area contributed by atoms with Gasteiger partial charge in [-0.25, -0.2) is 0 Å². The van der Waals surface area contributed by atoms with Crippen molar-refractivity contribution in [1.29, 1.82) is 0 Å². The molecule has 16 heavy (non-hydrogen) atoms. The summed E-state index contributed by atoms with van der Waals surface area (Å²) in [6.07, 6.45) is 4.48. The first kappa shape index (κ1) is 11.7. The third-order valence-corrected chi connectivity index (χ3v) is 2.72. The Morgan fingerprint density at radius 3 is 3.00 bits per heavy atom. The van der Waals surface area contributed by atoms with Crippen molar-refractivity contribution in [3.05, 3.63) is 23.7 Å². The molecule has 3 heteroatoms. The molecule has 90 valence electrons. The fourth-order valence-corrected chi connectivity index (χ4v) is 1.53. The fraction of sp³-hybridized carbons (Fsp3) is 0.692. The van der Waals surface area contributed by atoms with Gasteiger partial charge in [0.05, 0.1) is 6.26 Å². The summed E-state index contributed by atoms with van der Waals surface area (Å²) in [4.78, 5) is 0. The lowest BCUT2D eigenvalue weighted by molar-refractivity contribution is 0.0973. The Kier molecular flexibility index (Phi) is 4.02. The second-order valence-corrected chi connectivity index (χ2v) is 4.92. The maximum absolute atomic E-state index is 5.57. The average Bonchev–Trinajstić information content (AvgIpc) is 2.94. The van der Waals surface area contributed by atoms with Gasteiger partial charge in [-0.1, -0.05) is 13.8 Å². The van der Waals surface area contributed by atoms with Gasteiger partial charge in [-0.2, -0.15) is 0 Å². The lowest BCUT2D eigenvalue weighted by Crippen LogP contribution is -2.21. The molecule has 1 aromatic heterocycles. The predicted octanol–water partition coefficient (Wildman–Crippen LogP) is 2.70. The van der Waals surface area contributed by atoms with E-state index in [1.165, 1.54) is 18.4 Å². The summed E-state index contributed by atoms with van der Waals surface area (Å²) >= 11 is 0. The van der Waals surface area contributed by atoms with Crippen molar-refractivity contribution in [1.82, 2.24) is 5.32 Å². The van der Waals surface area contributed by atoms with Crippen LogP contribution in [-0.4, -0.2) is 12.6 Å². The highest BCUT2D eigenvalue weighted by atomic mass is 16.5. The minimum Gasteiger partial charge on any atom is -0.467 e. The smallest absolute Gasteiger partial charge is 0.129 e. The Morgan fingerprint density at radius 1 is 1.50 bits per heavy atom. The standard InChI is InChI=1S/C13H21NO2/c1-10(2)14-6-12-5-13(16-8-12)9-15-7-11-3-4-11/h5,8,10-11,14H,3-4,6-7,9H2,1-2H3. The molecule has 1 saturated carbocycles. The van der Waals surface area contributed by atoms with Crippen LogP contribution >= 0.6 is 0 Å². The second kappa shape index (κ2) is 5.51. The van der Waals surface area contributed by atoms with Crippen LogP contribution in [0.3, 0.4) is 0 Å². The van der Waals surface area contributed by atoms with Crippen LogP contribution in [0.25, 0.3) is 0 Å². The van der Waals surface area contributed by atoms with E-state index >= 15 is 0 Å². The first-order chi connectivity index (χ1) is 7.74. The number of hydrogen-bond acceptors (Lipinski definition) is 3. The zero-order valence-corrected chi connectivity index (χ0v) is 10.2. The molecular formula is C13H21NO2. The summed E-state index contributed by atoms with van der Waals surface area (Å²) in [5.41, 5.74) is 1.19. The quantitative estimate of drug-likeness (QED) is 0.771. The van der Waals surface area contributed by atoms with Crippen molar-refractivity contribution in [2.45, 2.75) is 45.9 Å². The van der Waals surface area contributed by atoms with E-state index in [9.17, 15) is 0 Å². The van der Waals surface area contributed by atoms with Gasteiger partial charge in [0, 0.05) is 24.8 Å². The molecule has 0 unspecified atom stereocenters. The molecule has 0 aromatic carbocycles. The van der Waals surface area contributed by atoms with Crippen LogP contribution in [0, 0.1) is 5.92 Å². The Hall–Kier alpha value is -0.800. The minimum absolute atomic E-state index is 0.504. The van der Waals surface area contributed by atoms with Crippen molar-refractivity contribution in [2.24, 2.45) is 5.92 Å². The third-order valence-electron chi connectivity index (χ3n) is 2.72. The number of rotatable bonds is 7. The summed E-state index contributed by atoms with van der Waals surface area (Å²) in [6, 6.07) is 2.58. The van der Waals surface area contributed by atoms with Gasteiger partial charge in [0.2, 0.25) is 0 Å². The summed E-state index contributed by atoms with van der Waals surface area (Å²) < 4.78 is 11.0. The molecule has 0 spiro atoms. The third kappa shape index (κ3) is 3.99. The summed E-state index contributed by atoms with van der Waals surface area (Å²) in [6.45, 7) is 6.64. The number of nitrogens with one attached hydrogen (secondary N) is 1. The molecule has 1 fully saturated rings. The van der Waals surface area contributed by atoms with Gasteiger partial charge in [-0.3, -0.25) is 0 Å². The van der Waals surface area contributed by atoms with Crippen LogP contribution < -0.4 is 5.32 Å². The fourth-order valence-electron chi connectivity index (χ4n) is 1.53. The van der Waals surface area contributed by atoms with Gasteiger partial charge in [-0.15, -0.1) is 0 Å². The van der Waals surface area contributed by atoms with Gasteiger partial charge in [-0.05, 0) is 24.8 Å². The van der Waals surface area contributed by atoms with E-state index in [4.69, 9.17) is 9.15 Å². The lowest BCUT2D eigenvalue weighted by atomic mass is 10.3. The van der Waals surface area contributed by atoms with Gasteiger partial charge in [0.1, 0.15) is 12.4 Å². The predicted molar refractivity (Wildman–Crippen MR) is 63.1 cm³/mol. The van der Waals surface area contributed by atoms with E-state index in [-0.39, 0.29) is 0 Å². The molecule has 1 heterocycles. The van der Waals surface area contributed by atoms with Crippen molar-refractivity contribution < 1.29 is 9.15 Å². The molecule has 1 aromatic rings.